The van der Waals surface area contributed by atoms with E-state index in [0.717, 1.165) is 11.3 Å². The van der Waals surface area contributed by atoms with Gasteiger partial charge in [-0.1, -0.05) is 36.4 Å². The van der Waals surface area contributed by atoms with E-state index in [1.54, 1.807) is 24.2 Å². The van der Waals surface area contributed by atoms with Crippen LogP contribution in [0.1, 0.15) is 15.9 Å². The number of aryl methyl sites for hydroxylation is 1. The van der Waals surface area contributed by atoms with E-state index in [1.165, 1.54) is 24.3 Å². The van der Waals surface area contributed by atoms with Gasteiger partial charge in [-0.2, -0.15) is 0 Å². The van der Waals surface area contributed by atoms with Crippen LogP contribution in [0.4, 0.5) is 11.4 Å². The van der Waals surface area contributed by atoms with Crippen LogP contribution in [0.2, 0.25) is 0 Å². The molecule has 144 valence electrons. The van der Waals surface area contributed by atoms with E-state index in [9.17, 15) is 13.2 Å². The molecule has 0 aliphatic carbocycles. The van der Waals surface area contributed by atoms with Crippen LogP contribution >= 0.6 is 0 Å². The summed E-state index contributed by atoms with van der Waals surface area (Å²) in [5.41, 5.74) is 5.28. The number of carbonyl (C=O) groups excluding carboxylic acids is 1. The summed E-state index contributed by atoms with van der Waals surface area (Å²) in [5, 5.41) is 1.60. The summed E-state index contributed by atoms with van der Waals surface area (Å²) in [7, 11) is -2.00. The van der Waals surface area contributed by atoms with Crippen LogP contribution in [0.15, 0.2) is 83.8 Å². The Hall–Kier alpha value is -3.32. The number of nitrogens with one attached hydrogen (secondary N) is 2. The van der Waals surface area contributed by atoms with Gasteiger partial charge in [0.2, 0.25) is 0 Å². The van der Waals surface area contributed by atoms with E-state index >= 15 is 0 Å². The molecular weight excluding hydrogens is 374 g/mol. The number of nitrogens with zero attached hydrogens (tertiary/aromatic N) is 1. The number of hydrogen-bond acceptors (Lipinski definition) is 4. The van der Waals surface area contributed by atoms with Gasteiger partial charge >= 0.3 is 0 Å². The SMILES string of the molecule is Cc1ccccc1NS(=O)(=O)c1ccc(C(=O)NN(C)c2ccccc2)cc1. The Labute approximate surface area is 164 Å². The molecule has 6 nitrogen and oxygen atoms in total. The Bertz CT molecular complexity index is 1070. The minimum absolute atomic E-state index is 0.0868. The van der Waals surface area contributed by atoms with Gasteiger partial charge in [0.1, 0.15) is 0 Å². The lowest BCUT2D eigenvalue weighted by molar-refractivity contribution is 0.0951. The quantitative estimate of drug-likeness (QED) is 0.626. The van der Waals surface area contributed by atoms with Crippen molar-refractivity contribution in [2.24, 2.45) is 0 Å². The second-order valence-electron chi connectivity index (χ2n) is 6.28. The maximum Gasteiger partial charge on any atom is 0.269 e. The summed E-state index contributed by atoms with van der Waals surface area (Å²) >= 11 is 0. The molecule has 0 aromatic heterocycles. The zero-order chi connectivity index (χ0) is 20.1. The standard InChI is InChI=1S/C21H21N3O3S/c1-16-8-6-7-11-20(16)23-28(26,27)19-14-12-17(13-15-19)21(25)22-24(2)18-9-4-3-5-10-18/h3-15,23H,1-2H3,(H,22,25). The molecule has 2 N–H and O–H groups in total. The third-order valence-corrected chi connectivity index (χ3v) is 5.61. The highest BCUT2D eigenvalue weighted by Crippen LogP contribution is 2.19. The molecule has 0 spiro atoms. The molecule has 0 bridgehead atoms. The monoisotopic (exact) mass is 395 g/mol. The fourth-order valence-electron chi connectivity index (χ4n) is 2.61. The van der Waals surface area contributed by atoms with Crippen LogP contribution in [0.3, 0.4) is 0 Å². The number of anilines is 2. The molecule has 7 heteroatoms. The van der Waals surface area contributed by atoms with Crippen molar-refractivity contribution in [2.75, 3.05) is 16.8 Å². The highest BCUT2D eigenvalue weighted by atomic mass is 32.2. The molecule has 0 aliphatic heterocycles. The van der Waals surface area contributed by atoms with Crippen LogP contribution in [0.25, 0.3) is 0 Å². The van der Waals surface area contributed by atoms with E-state index in [2.05, 4.69) is 10.1 Å². The van der Waals surface area contributed by atoms with E-state index in [0.29, 0.717) is 11.3 Å². The van der Waals surface area contributed by atoms with E-state index in [1.807, 2.05) is 49.4 Å². The Kier molecular flexibility index (Phi) is 5.65. The van der Waals surface area contributed by atoms with Crippen molar-refractivity contribution in [3.05, 3.63) is 90.0 Å². The Morgan fingerprint density at radius 2 is 1.46 bits per heavy atom. The molecular formula is C21H21N3O3S. The largest absolute Gasteiger partial charge is 0.288 e. The minimum Gasteiger partial charge on any atom is -0.288 e. The molecule has 0 aliphatic rings. The molecule has 3 aromatic carbocycles. The topological polar surface area (TPSA) is 78.5 Å². The highest BCUT2D eigenvalue weighted by Gasteiger charge is 2.16. The normalized spacial score (nSPS) is 10.9. The summed E-state index contributed by atoms with van der Waals surface area (Å²) in [5.74, 6) is -0.331. The molecule has 1 amide bonds. The second-order valence-corrected chi connectivity index (χ2v) is 7.96. The smallest absolute Gasteiger partial charge is 0.269 e. The molecule has 3 rings (SSSR count). The number of amides is 1. The number of hydrazine groups is 1. The molecule has 0 atom stereocenters. The number of hydrogen-bond donors (Lipinski definition) is 2. The average molecular weight is 395 g/mol. The van der Waals surface area contributed by atoms with Gasteiger partial charge in [0, 0.05) is 12.6 Å². The lowest BCUT2D eigenvalue weighted by Gasteiger charge is -2.20. The zero-order valence-corrected chi connectivity index (χ0v) is 16.4. The molecule has 0 fully saturated rings. The van der Waals surface area contributed by atoms with Gasteiger partial charge in [-0.05, 0) is 55.0 Å². The van der Waals surface area contributed by atoms with Gasteiger partial charge in [-0.25, -0.2) is 8.42 Å². The van der Waals surface area contributed by atoms with Crippen molar-refractivity contribution < 1.29 is 13.2 Å². The molecule has 0 radical (unpaired) electrons. The zero-order valence-electron chi connectivity index (χ0n) is 15.6. The number of sulfonamides is 1. The second kappa shape index (κ2) is 8.14. The summed E-state index contributed by atoms with van der Waals surface area (Å²) in [6.07, 6.45) is 0. The Morgan fingerprint density at radius 3 is 2.11 bits per heavy atom. The summed E-state index contributed by atoms with van der Waals surface area (Å²) in [4.78, 5) is 12.5. The van der Waals surface area contributed by atoms with Crippen molar-refractivity contribution in [2.45, 2.75) is 11.8 Å². The summed E-state index contributed by atoms with van der Waals surface area (Å²) < 4.78 is 27.7. The van der Waals surface area contributed by atoms with Gasteiger partial charge in [-0.3, -0.25) is 20.0 Å². The van der Waals surface area contributed by atoms with Gasteiger partial charge in [0.05, 0.1) is 16.3 Å². The van der Waals surface area contributed by atoms with Crippen molar-refractivity contribution in [3.63, 3.8) is 0 Å². The van der Waals surface area contributed by atoms with Crippen molar-refractivity contribution in [3.8, 4) is 0 Å². The van der Waals surface area contributed by atoms with E-state index in [4.69, 9.17) is 0 Å². The fourth-order valence-corrected chi connectivity index (χ4v) is 3.74. The number of benzene rings is 3. The van der Waals surface area contributed by atoms with E-state index < -0.39 is 10.0 Å². The molecule has 0 saturated heterocycles. The first-order chi connectivity index (χ1) is 13.4. The van der Waals surface area contributed by atoms with Gasteiger partial charge in [0.15, 0.2) is 0 Å². The van der Waals surface area contributed by atoms with Gasteiger partial charge in [-0.15, -0.1) is 0 Å². The van der Waals surface area contributed by atoms with Crippen LogP contribution in [-0.2, 0) is 10.0 Å². The van der Waals surface area contributed by atoms with Crippen molar-refractivity contribution in [1.29, 1.82) is 0 Å². The summed E-state index contributed by atoms with van der Waals surface area (Å²) in [6, 6.07) is 22.3. The predicted molar refractivity (Wildman–Crippen MR) is 111 cm³/mol. The van der Waals surface area contributed by atoms with Crippen LogP contribution in [0, 0.1) is 6.92 Å². The Balaban J connectivity index is 1.72. The third-order valence-electron chi connectivity index (χ3n) is 4.23. The van der Waals surface area contributed by atoms with Gasteiger partial charge in [0.25, 0.3) is 15.9 Å². The highest BCUT2D eigenvalue weighted by molar-refractivity contribution is 7.92. The summed E-state index contributed by atoms with van der Waals surface area (Å²) in [6.45, 7) is 1.83. The maximum absolute atomic E-state index is 12.6. The number of rotatable bonds is 6. The van der Waals surface area contributed by atoms with Crippen molar-refractivity contribution >= 4 is 27.3 Å². The van der Waals surface area contributed by atoms with E-state index in [-0.39, 0.29) is 10.8 Å². The predicted octanol–water partition coefficient (Wildman–Crippen LogP) is 3.58. The first-order valence-corrected chi connectivity index (χ1v) is 10.1. The third kappa shape index (κ3) is 4.50. The first kappa shape index (κ1) is 19.4. The maximum atomic E-state index is 12.6. The molecule has 28 heavy (non-hydrogen) atoms. The molecule has 3 aromatic rings. The number of para-hydroxylation sites is 2. The molecule has 0 unspecified atom stereocenters. The van der Waals surface area contributed by atoms with Crippen LogP contribution in [-0.4, -0.2) is 21.4 Å². The minimum atomic E-state index is -3.74. The fraction of sp³-hybridized carbons (Fsp3) is 0.0952. The molecule has 0 saturated carbocycles. The Morgan fingerprint density at radius 1 is 0.857 bits per heavy atom. The first-order valence-electron chi connectivity index (χ1n) is 8.65. The molecule has 0 heterocycles. The van der Waals surface area contributed by atoms with Crippen LogP contribution in [0.5, 0.6) is 0 Å². The van der Waals surface area contributed by atoms with Crippen LogP contribution < -0.4 is 15.2 Å². The average Bonchev–Trinajstić information content (AvgIpc) is 2.70. The van der Waals surface area contributed by atoms with Crippen molar-refractivity contribution in [1.82, 2.24) is 5.43 Å². The number of carbonyl (C=O) groups is 1. The van der Waals surface area contributed by atoms with Gasteiger partial charge < -0.3 is 0 Å². The lowest BCUT2D eigenvalue weighted by atomic mass is 10.2. The lowest BCUT2D eigenvalue weighted by Crippen LogP contribution is -2.39.